The number of carbonyl (C=O) groups excluding carboxylic acids is 1. The highest BCUT2D eigenvalue weighted by Crippen LogP contribution is 2.31. The molecule has 0 bridgehead atoms. The third-order valence-corrected chi connectivity index (χ3v) is 5.34. The minimum absolute atomic E-state index is 0.260. The van der Waals surface area contributed by atoms with Crippen LogP contribution in [0.15, 0.2) is 29.6 Å². The van der Waals surface area contributed by atoms with E-state index < -0.39 is 0 Å². The van der Waals surface area contributed by atoms with Crippen molar-refractivity contribution in [3.8, 4) is 9.75 Å². The molecule has 19 heavy (non-hydrogen) atoms. The van der Waals surface area contributed by atoms with E-state index in [4.69, 9.17) is 0 Å². The lowest BCUT2D eigenvalue weighted by Gasteiger charge is -2.18. The minimum Gasteiger partial charge on any atom is -0.343 e. The predicted octanol–water partition coefficient (Wildman–Crippen LogP) is 4.28. The monoisotopic (exact) mass is 293 g/mol. The Bertz CT molecular complexity index is 512. The number of nitrogens with zero attached hydrogens (tertiary/aromatic N) is 1. The Morgan fingerprint density at radius 2 is 1.95 bits per heavy atom. The summed E-state index contributed by atoms with van der Waals surface area (Å²) in [6.45, 7) is 5.67. The van der Waals surface area contributed by atoms with Crippen LogP contribution in [-0.2, 0) is 11.2 Å². The Kier molecular flexibility index (Phi) is 5.16. The van der Waals surface area contributed by atoms with Gasteiger partial charge in [-0.05, 0) is 43.8 Å². The molecular formula is C15H19NOS2. The van der Waals surface area contributed by atoms with E-state index in [0.717, 1.165) is 19.5 Å². The molecule has 2 heterocycles. The normalized spacial score (nSPS) is 10.6. The number of aryl methyl sites for hydroxylation is 1. The van der Waals surface area contributed by atoms with E-state index in [9.17, 15) is 4.79 Å². The molecule has 4 heteroatoms. The van der Waals surface area contributed by atoms with Crippen LogP contribution in [0.5, 0.6) is 0 Å². The summed E-state index contributed by atoms with van der Waals surface area (Å²) in [5.74, 6) is 0.260. The summed E-state index contributed by atoms with van der Waals surface area (Å²) in [6.07, 6.45) is 1.47. The number of amides is 1. The molecule has 1 amide bonds. The van der Waals surface area contributed by atoms with Crippen molar-refractivity contribution in [2.24, 2.45) is 0 Å². The van der Waals surface area contributed by atoms with Gasteiger partial charge in [0.05, 0.1) is 0 Å². The molecule has 0 unspecified atom stereocenters. The quantitative estimate of drug-likeness (QED) is 0.778. The van der Waals surface area contributed by atoms with E-state index in [0.29, 0.717) is 6.42 Å². The maximum absolute atomic E-state index is 11.9. The van der Waals surface area contributed by atoms with Crippen molar-refractivity contribution in [2.75, 3.05) is 13.1 Å². The summed E-state index contributed by atoms with van der Waals surface area (Å²) in [5.41, 5.74) is 0. The molecule has 0 aliphatic heterocycles. The van der Waals surface area contributed by atoms with Gasteiger partial charge >= 0.3 is 0 Å². The molecule has 0 fully saturated rings. The zero-order chi connectivity index (χ0) is 13.7. The number of carbonyl (C=O) groups is 1. The molecule has 0 aromatic carbocycles. The van der Waals surface area contributed by atoms with Crippen LogP contribution in [0.2, 0.25) is 0 Å². The molecule has 0 saturated heterocycles. The van der Waals surface area contributed by atoms with Crippen LogP contribution in [0.25, 0.3) is 9.75 Å². The van der Waals surface area contributed by atoms with E-state index >= 15 is 0 Å². The summed E-state index contributed by atoms with van der Waals surface area (Å²) in [6, 6.07) is 8.52. The molecule has 0 N–H and O–H groups in total. The number of thiophene rings is 2. The molecule has 0 spiro atoms. The standard InChI is InChI=1S/C15H19NOS2/c1-3-16(4-2)15(17)10-8-12-7-9-14(19-12)13-6-5-11-18-13/h5-7,9,11H,3-4,8,10H2,1-2H3. The fraction of sp³-hybridized carbons (Fsp3) is 0.400. The first-order valence-corrected chi connectivity index (χ1v) is 8.34. The SMILES string of the molecule is CCN(CC)C(=O)CCc1ccc(-c2cccs2)s1. The summed E-state index contributed by atoms with van der Waals surface area (Å²) in [5, 5.41) is 2.10. The summed E-state index contributed by atoms with van der Waals surface area (Å²) in [4.78, 5) is 17.8. The Hall–Kier alpha value is -1.13. The van der Waals surface area contributed by atoms with Crippen LogP contribution in [0.1, 0.15) is 25.1 Å². The van der Waals surface area contributed by atoms with Crippen molar-refractivity contribution in [1.82, 2.24) is 4.90 Å². The van der Waals surface area contributed by atoms with E-state index in [2.05, 4.69) is 29.6 Å². The Labute approximate surface area is 122 Å². The van der Waals surface area contributed by atoms with Gasteiger partial charge in [-0.1, -0.05) is 6.07 Å². The molecule has 102 valence electrons. The van der Waals surface area contributed by atoms with Crippen LogP contribution in [0, 0.1) is 0 Å². The molecular weight excluding hydrogens is 274 g/mol. The average Bonchev–Trinajstić information content (AvgIpc) is 3.08. The summed E-state index contributed by atoms with van der Waals surface area (Å²) >= 11 is 3.56. The van der Waals surface area contributed by atoms with Gasteiger partial charge in [0.1, 0.15) is 0 Å². The van der Waals surface area contributed by atoms with Gasteiger partial charge in [0.25, 0.3) is 0 Å². The van der Waals surface area contributed by atoms with Gasteiger partial charge in [0.15, 0.2) is 0 Å². The highest BCUT2D eigenvalue weighted by Gasteiger charge is 2.10. The maximum atomic E-state index is 11.9. The van der Waals surface area contributed by atoms with Crippen molar-refractivity contribution in [3.63, 3.8) is 0 Å². The summed E-state index contributed by atoms with van der Waals surface area (Å²) in [7, 11) is 0. The molecule has 2 aromatic heterocycles. The van der Waals surface area contributed by atoms with Crippen LogP contribution >= 0.6 is 22.7 Å². The third-order valence-electron chi connectivity index (χ3n) is 3.13. The van der Waals surface area contributed by atoms with Gasteiger partial charge in [-0.2, -0.15) is 0 Å². The number of hydrogen-bond acceptors (Lipinski definition) is 3. The van der Waals surface area contributed by atoms with E-state index in [1.165, 1.54) is 14.6 Å². The van der Waals surface area contributed by atoms with Crippen molar-refractivity contribution < 1.29 is 4.79 Å². The van der Waals surface area contributed by atoms with Crippen molar-refractivity contribution in [1.29, 1.82) is 0 Å². The Balaban J connectivity index is 1.92. The zero-order valence-electron chi connectivity index (χ0n) is 11.4. The zero-order valence-corrected chi connectivity index (χ0v) is 13.0. The van der Waals surface area contributed by atoms with Crippen LogP contribution in [-0.4, -0.2) is 23.9 Å². The molecule has 2 rings (SSSR count). The van der Waals surface area contributed by atoms with Gasteiger partial charge < -0.3 is 4.90 Å². The van der Waals surface area contributed by atoms with Crippen molar-refractivity contribution >= 4 is 28.6 Å². The molecule has 0 saturated carbocycles. The molecule has 0 aliphatic carbocycles. The molecule has 0 aliphatic rings. The number of rotatable bonds is 6. The second kappa shape index (κ2) is 6.87. The third kappa shape index (κ3) is 3.67. The van der Waals surface area contributed by atoms with Gasteiger partial charge in [0, 0.05) is 34.1 Å². The predicted molar refractivity (Wildman–Crippen MR) is 83.9 cm³/mol. The first kappa shape index (κ1) is 14.3. The Morgan fingerprint density at radius 3 is 2.58 bits per heavy atom. The molecule has 0 radical (unpaired) electrons. The summed E-state index contributed by atoms with van der Waals surface area (Å²) < 4.78 is 0. The second-order valence-corrected chi connectivity index (χ2v) is 6.43. The highest BCUT2D eigenvalue weighted by atomic mass is 32.1. The lowest BCUT2D eigenvalue weighted by atomic mass is 10.2. The van der Waals surface area contributed by atoms with Crippen LogP contribution in [0.3, 0.4) is 0 Å². The van der Waals surface area contributed by atoms with E-state index in [-0.39, 0.29) is 5.91 Å². The molecule has 0 atom stereocenters. The van der Waals surface area contributed by atoms with E-state index in [1.807, 2.05) is 18.7 Å². The largest absolute Gasteiger partial charge is 0.343 e. The average molecular weight is 293 g/mol. The molecule has 2 nitrogen and oxygen atoms in total. The fourth-order valence-corrected chi connectivity index (χ4v) is 3.87. The van der Waals surface area contributed by atoms with Crippen LogP contribution in [0.4, 0.5) is 0 Å². The lowest BCUT2D eigenvalue weighted by Crippen LogP contribution is -2.30. The Morgan fingerprint density at radius 1 is 1.16 bits per heavy atom. The first-order valence-electron chi connectivity index (χ1n) is 6.65. The number of hydrogen-bond donors (Lipinski definition) is 0. The lowest BCUT2D eigenvalue weighted by molar-refractivity contribution is -0.130. The fourth-order valence-electron chi connectivity index (χ4n) is 2.03. The van der Waals surface area contributed by atoms with Gasteiger partial charge in [0.2, 0.25) is 5.91 Å². The minimum atomic E-state index is 0.260. The van der Waals surface area contributed by atoms with Gasteiger partial charge in [-0.15, -0.1) is 22.7 Å². The second-order valence-electron chi connectivity index (χ2n) is 4.31. The smallest absolute Gasteiger partial charge is 0.222 e. The topological polar surface area (TPSA) is 20.3 Å². The van der Waals surface area contributed by atoms with E-state index in [1.54, 1.807) is 22.7 Å². The molecule has 2 aromatic rings. The highest BCUT2D eigenvalue weighted by molar-refractivity contribution is 7.21. The van der Waals surface area contributed by atoms with Gasteiger partial charge in [-0.3, -0.25) is 4.79 Å². The first-order chi connectivity index (χ1) is 9.24. The van der Waals surface area contributed by atoms with Gasteiger partial charge in [-0.25, -0.2) is 0 Å². The van der Waals surface area contributed by atoms with Crippen molar-refractivity contribution in [3.05, 3.63) is 34.5 Å². The maximum Gasteiger partial charge on any atom is 0.222 e. The van der Waals surface area contributed by atoms with Crippen LogP contribution < -0.4 is 0 Å². The van der Waals surface area contributed by atoms with Crippen molar-refractivity contribution in [2.45, 2.75) is 26.7 Å².